The zero-order chi connectivity index (χ0) is 60.7. The van der Waals surface area contributed by atoms with Gasteiger partial charge in [0.2, 0.25) is 29.5 Å². The fourth-order valence-corrected chi connectivity index (χ4v) is 15.3. The fraction of sp³-hybridized carbons (Fsp3) is 0.515. The Bertz CT molecular complexity index is 3670. The maximum atomic E-state index is 16.0. The molecular weight excluding hydrogens is 1110 g/mol. The molecule has 1 spiro atoms. The van der Waals surface area contributed by atoms with Crippen molar-refractivity contribution in [2.24, 2.45) is 11.8 Å². The van der Waals surface area contributed by atoms with Crippen molar-refractivity contribution in [2.45, 2.75) is 154 Å². The summed E-state index contributed by atoms with van der Waals surface area (Å²) in [7, 11) is 0. The molecule has 1 aliphatic carbocycles. The maximum Gasteiger partial charge on any atom is 0.264 e. The van der Waals surface area contributed by atoms with Crippen LogP contribution in [-0.4, -0.2) is 158 Å². The number of anilines is 4. The number of rotatable bonds is 13. The summed E-state index contributed by atoms with van der Waals surface area (Å²) in [5.41, 5.74) is 5.64. The molecule has 3 aromatic carbocycles. The number of benzene rings is 3. The van der Waals surface area contributed by atoms with Crippen LogP contribution in [0.25, 0.3) is 22.3 Å². The van der Waals surface area contributed by atoms with Gasteiger partial charge in [0.25, 0.3) is 17.7 Å². The summed E-state index contributed by atoms with van der Waals surface area (Å²) in [6.45, 7) is 14.4. The fourth-order valence-electron chi connectivity index (χ4n) is 15.3. The van der Waals surface area contributed by atoms with Crippen LogP contribution in [0.5, 0.6) is 0 Å². The van der Waals surface area contributed by atoms with Crippen LogP contribution >= 0.6 is 0 Å². The van der Waals surface area contributed by atoms with Gasteiger partial charge in [-0.1, -0.05) is 24.6 Å². The predicted molar refractivity (Wildman–Crippen MR) is 325 cm³/mol. The van der Waals surface area contributed by atoms with Gasteiger partial charge in [-0.2, -0.15) is 0 Å². The van der Waals surface area contributed by atoms with Crippen molar-refractivity contribution in [2.75, 3.05) is 67.5 Å². The number of likely N-dealkylation sites (tertiary alicyclic amines) is 3. The maximum absolute atomic E-state index is 16.0. The average Bonchev–Trinajstić information content (AvgIpc) is 1.60. The zero-order valence-electron chi connectivity index (χ0n) is 50.3. The lowest BCUT2D eigenvalue weighted by Crippen LogP contribution is -2.58. The number of imide groups is 2. The molecule has 1 saturated carbocycles. The van der Waals surface area contributed by atoms with E-state index < -0.39 is 40.9 Å². The number of hydrogen-bond donors (Lipinski definition) is 3. The Balaban J connectivity index is 0.706. The number of pyridine rings is 1. The van der Waals surface area contributed by atoms with Crippen molar-refractivity contribution in [1.82, 2.24) is 44.8 Å². The highest BCUT2D eigenvalue weighted by atomic mass is 19.1. The number of nitrogens with zero attached hydrogens (tertiary/aromatic N) is 9. The Morgan fingerprint density at radius 2 is 1.57 bits per heavy atom. The van der Waals surface area contributed by atoms with Gasteiger partial charge in [0.15, 0.2) is 5.82 Å². The van der Waals surface area contributed by atoms with Crippen LogP contribution in [0.15, 0.2) is 60.9 Å². The lowest BCUT2D eigenvalue weighted by atomic mass is 9.73. The first-order chi connectivity index (χ1) is 41.8. The van der Waals surface area contributed by atoms with E-state index in [1.165, 1.54) is 31.4 Å². The molecule has 8 aliphatic rings. The van der Waals surface area contributed by atoms with E-state index in [9.17, 15) is 33.6 Å². The summed E-state index contributed by atoms with van der Waals surface area (Å²) in [4.78, 5) is 131. The minimum Gasteiger partial charge on any atom is -0.371 e. The minimum atomic E-state index is -1.07. The van der Waals surface area contributed by atoms with E-state index in [4.69, 9.17) is 9.97 Å². The molecule has 456 valence electrons. The molecule has 3 atom stereocenters. The predicted octanol–water partition coefficient (Wildman–Crippen LogP) is 7.79. The van der Waals surface area contributed by atoms with Crippen molar-refractivity contribution in [3.8, 4) is 11.3 Å². The molecule has 5 aromatic rings. The summed E-state index contributed by atoms with van der Waals surface area (Å²) in [6, 6.07) is 15.3. The van der Waals surface area contributed by atoms with Crippen LogP contribution in [0.1, 0.15) is 159 Å². The molecule has 9 heterocycles. The molecule has 87 heavy (non-hydrogen) atoms. The number of amides is 8. The second kappa shape index (κ2) is 22.9. The van der Waals surface area contributed by atoms with Gasteiger partial charge in [0.05, 0.1) is 51.4 Å². The van der Waals surface area contributed by atoms with Gasteiger partial charge in [0.1, 0.15) is 17.4 Å². The molecule has 5 saturated heterocycles. The Labute approximate surface area is 505 Å². The molecule has 2 unspecified atom stereocenters. The van der Waals surface area contributed by atoms with E-state index in [0.29, 0.717) is 104 Å². The average molecular weight is 1190 g/mol. The van der Waals surface area contributed by atoms with E-state index in [0.717, 1.165) is 60.5 Å². The molecule has 2 aromatic heterocycles. The lowest BCUT2D eigenvalue weighted by molar-refractivity contribution is -0.139. The van der Waals surface area contributed by atoms with Crippen LogP contribution in [0, 0.1) is 24.6 Å². The number of carbonyl (C=O) groups is 8. The van der Waals surface area contributed by atoms with Crippen molar-refractivity contribution in [3.63, 3.8) is 0 Å². The van der Waals surface area contributed by atoms with Gasteiger partial charge in [-0.3, -0.25) is 48.6 Å². The minimum absolute atomic E-state index is 0.0000790. The Morgan fingerprint density at radius 3 is 2.32 bits per heavy atom. The third kappa shape index (κ3) is 10.4. The van der Waals surface area contributed by atoms with Gasteiger partial charge < -0.3 is 39.7 Å². The summed E-state index contributed by atoms with van der Waals surface area (Å²) < 4.78 is 18.0. The van der Waals surface area contributed by atoms with Gasteiger partial charge >= 0.3 is 0 Å². The first kappa shape index (κ1) is 58.0. The molecule has 20 nitrogen and oxygen atoms in total. The van der Waals surface area contributed by atoms with Crippen LogP contribution in [0.4, 0.5) is 27.3 Å². The van der Waals surface area contributed by atoms with Gasteiger partial charge in [-0.15, -0.1) is 0 Å². The number of aryl methyl sites for hydroxylation is 1. The smallest absolute Gasteiger partial charge is 0.264 e. The number of halogens is 1. The van der Waals surface area contributed by atoms with Crippen LogP contribution in [-0.2, 0) is 29.4 Å². The van der Waals surface area contributed by atoms with Gasteiger partial charge in [-0.25, -0.2) is 14.4 Å². The van der Waals surface area contributed by atoms with E-state index >= 15 is 9.18 Å². The highest BCUT2D eigenvalue weighted by Gasteiger charge is 2.56. The van der Waals surface area contributed by atoms with Crippen LogP contribution in [0.3, 0.4) is 0 Å². The molecule has 0 radical (unpaired) electrons. The molecule has 3 N–H and O–H groups in total. The number of carbonyl (C=O) groups excluding carboxylic acids is 8. The summed E-state index contributed by atoms with van der Waals surface area (Å²) in [5.74, 6) is -3.04. The number of nitrogens with one attached hydrogen (secondary N) is 3. The summed E-state index contributed by atoms with van der Waals surface area (Å²) >= 11 is 0. The summed E-state index contributed by atoms with van der Waals surface area (Å²) in [6.07, 6.45) is 10.5. The summed E-state index contributed by atoms with van der Waals surface area (Å²) in [5, 5.41) is 8.45. The van der Waals surface area contributed by atoms with Crippen LogP contribution < -0.4 is 25.8 Å². The van der Waals surface area contributed by atoms with Crippen molar-refractivity contribution in [1.29, 1.82) is 0 Å². The molecule has 13 rings (SSSR count). The first-order valence-electron chi connectivity index (χ1n) is 31.5. The Morgan fingerprint density at radius 1 is 0.793 bits per heavy atom. The van der Waals surface area contributed by atoms with E-state index in [2.05, 4.69) is 42.8 Å². The van der Waals surface area contributed by atoms with Gasteiger partial charge in [0, 0.05) is 93.1 Å². The van der Waals surface area contributed by atoms with E-state index in [1.54, 1.807) is 31.5 Å². The molecule has 21 heteroatoms. The van der Waals surface area contributed by atoms with Crippen molar-refractivity contribution < 1.29 is 42.7 Å². The normalized spacial score (nSPS) is 23.9. The first-order valence-corrected chi connectivity index (χ1v) is 31.5. The second-order valence-electron chi connectivity index (χ2n) is 26.2. The van der Waals surface area contributed by atoms with Gasteiger partial charge in [-0.05, 0) is 165 Å². The molecule has 0 bridgehead atoms. The third-order valence-corrected chi connectivity index (χ3v) is 20.0. The Hall–Kier alpha value is -8.07. The topological polar surface area (TPSA) is 223 Å². The monoisotopic (exact) mass is 1180 g/mol. The van der Waals surface area contributed by atoms with Crippen LogP contribution in [0.2, 0.25) is 0 Å². The SMILES string of the molecule is Cc1cc(F)c(Nc2nc(-c3ccc4c(c3)N([C@H]3C[C@@H](N5CCCCC5)C3)C(=O)C43CCN(C(=O)C4CCN(C(=O)C[C@@H]5CCCN(c6cccc7c6C(=O)N(C6CCC(=O)NC6=O)C7=O)C5)C4)CC3)cc3ncn(C(C)C)c23)cc1C(=O)NC(C)C. The largest absolute Gasteiger partial charge is 0.371 e. The highest BCUT2D eigenvalue weighted by molar-refractivity contribution is 6.25. The number of hydrogen-bond acceptors (Lipinski definition) is 13. The zero-order valence-corrected chi connectivity index (χ0v) is 50.3. The Kier molecular flexibility index (Phi) is 15.3. The van der Waals surface area contributed by atoms with E-state index in [-0.39, 0.29) is 89.7 Å². The molecule has 6 fully saturated rings. The molecule has 7 aliphatic heterocycles. The molecular formula is C66H77FN12O8. The lowest BCUT2D eigenvalue weighted by Gasteiger charge is -2.48. The second-order valence-corrected chi connectivity index (χ2v) is 26.2. The van der Waals surface area contributed by atoms with Crippen molar-refractivity contribution >= 4 is 81.2 Å². The highest BCUT2D eigenvalue weighted by Crippen LogP contribution is 2.53. The third-order valence-electron chi connectivity index (χ3n) is 20.0. The van der Waals surface area contributed by atoms with E-state index in [1.807, 2.05) is 54.2 Å². The molecule has 8 amide bonds. The standard InChI is InChI=1S/C66H77FN12O8/c1-37(2)69-60(82)46-32-50(48(67)27-39(46)5)71-59-58-51(68-36-77(58)38(3)4)33-49(70-59)41-14-15-47-54(29-41)78(44-30-43(31-44)73-21-7-6-8-22-73)65(87)66(47)19-25-74(26-20-66)62(84)42-18-24-76(35-42)56(81)28-40-11-10-23-75(34-40)52-13-9-12-45-57(52)64(86)79(63(45)85)53-16-17-55(80)72-61(53)83/h9,12-15,27,29,32-33,36-38,40,42-44,53H,6-8,10-11,16-26,28,30-31,34-35H2,1-5H3,(H,69,82)(H,70,71)(H,72,80,83)/t40-,42?,43-,44+,53?/m0/s1. The number of aromatic nitrogens is 3. The number of imidazole rings is 1. The number of piperidine rings is 4. The quantitative estimate of drug-likeness (QED) is 0.0960. The number of fused-ring (bicyclic) bond motifs is 4. The van der Waals surface area contributed by atoms with Crippen molar-refractivity contribution in [3.05, 3.63) is 94.6 Å².